The van der Waals surface area contributed by atoms with Crippen LogP contribution in [0.25, 0.3) is 11.8 Å². The van der Waals surface area contributed by atoms with Gasteiger partial charge in [0.15, 0.2) is 0 Å². The molecule has 0 aliphatic rings. The van der Waals surface area contributed by atoms with Gasteiger partial charge in [0.2, 0.25) is 5.91 Å². The van der Waals surface area contributed by atoms with Crippen molar-refractivity contribution < 1.29 is 14.1 Å². The number of carbonyl (C=O) groups excluding carboxylic acids is 1. The first-order valence-corrected chi connectivity index (χ1v) is 8.26. The van der Waals surface area contributed by atoms with Gasteiger partial charge in [0.1, 0.15) is 10.7 Å². The van der Waals surface area contributed by atoms with Crippen LogP contribution in [0, 0.1) is 24.0 Å². The molecule has 2 aromatic heterocycles. The number of hydrogen-bond donors (Lipinski definition) is 1. The number of nitro groups is 1. The minimum Gasteiger partial charge on any atom is -0.401 e. The van der Waals surface area contributed by atoms with Crippen LogP contribution in [0.1, 0.15) is 22.7 Å². The number of rotatable bonds is 6. The van der Waals surface area contributed by atoms with Crippen LogP contribution in [0.15, 0.2) is 53.0 Å². The Morgan fingerprint density at radius 1 is 1.26 bits per heavy atom. The minimum absolute atomic E-state index is 0.237. The van der Waals surface area contributed by atoms with Crippen molar-refractivity contribution in [3.8, 4) is 5.69 Å². The summed E-state index contributed by atoms with van der Waals surface area (Å²) in [6, 6.07) is 12.4. The van der Waals surface area contributed by atoms with Crippen molar-refractivity contribution in [2.24, 2.45) is 0 Å². The van der Waals surface area contributed by atoms with Gasteiger partial charge in [0, 0.05) is 23.9 Å². The van der Waals surface area contributed by atoms with Crippen LogP contribution in [0.3, 0.4) is 0 Å². The lowest BCUT2D eigenvalue weighted by molar-refractivity contribution is -0.402. The summed E-state index contributed by atoms with van der Waals surface area (Å²) < 4.78 is 6.81. The van der Waals surface area contributed by atoms with E-state index in [0.29, 0.717) is 6.54 Å². The van der Waals surface area contributed by atoms with Gasteiger partial charge >= 0.3 is 5.88 Å². The fourth-order valence-corrected chi connectivity index (χ4v) is 2.67. The highest BCUT2D eigenvalue weighted by Gasteiger charge is 2.13. The average molecular weight is 366 g/mol. The normalized spacial score (nSPS) is 11.0. The number of nitrogens with one attached hydrogen (secondary N) is 1. The fourth-order valence-electron chi connectivity index (χ4n) is 2.67. The van der Waals surface area contributed by atoms with Crippen LogP contribution in [0.2, 0.25) is 0 Å². The van der Waals surface area contributed by atoms with E-state index in [-0.39, 0.29) is 17.6 Å². The first-order valence-electron chi connectivity index (χ1n) is 8.26. The molecule has 0 aliphatic carbocycles. The lowest BCUT2D eigenvalue weighted by Gasteiger charge is -2.06. The first-order chi connectivity index (χ1) is 13.0. The smallest absolute Gasteiger partial charge is 0.401 e. The summed E-state index contributed by atoms with van der Waals surface area (Å²) in [5.41, 5.74) is 3.68. The van der Waals surface area contributed by atoms with Gasteiger partial charge < -0.3 is 9.73 Å². The number of aromatic nitrogens is 2. The number of aryl methyl sites for hydroxylation is 1. The van der Waals surface area contributed by atoms with Crippen molar-refractivity contribution >= 4 is 17.9 Å². The number of benzene rings is 1. The first kappa shape index (κ1) is 18.1. The van der Waals surface area contributed by atoms with Gasteiger partial charge in [0.25, 0.3) is 0 Å². The molecule has 8 nitrogen and oxygen atoms in total. The Balaban J connectivity index is 1.66. The van der Waals surface area contributed by atoms with E-state index >= 15 is 0 Å². The summed E-state index contributed by atoms with van der Waals surface area (Å²) >= 11 is 0. The van der Waals surface area contributed by atoms with E-state index in [1.54, 1.807) is 0 Å². The second-order valence-electron chi connectivity index (χ2n) is 5.88. The summed E-state index contributed by atoms with van der Waals surface area (Å²) in [7, 11) is 0. The number of amides is 1. The van der Waals surface area contributed by atoms with E-state index in [9.17, 15) is 14.9 Å². The van der Waals surface area contributed by atoms with Crippen LogP contribution >= 0.6 is 0 Å². The zero-order valence-electron chi connectivity index (χ0n) is 14.9. The quantitative estimate of drug-likeness (QED) is 0.409. The van der Waals surface area contributed by atoms with Crippen molar-refractivity contribution in [1.82, 2.24) is 15.1 Å². The van der Waals surface area contributed by atoms with Gasteiger partial charge in [-0.1, -0.05) is 18.2 Å². The molecule has 1 N–H and O–H groups in total. The molecule has 0 spiro atoms. The molecule has 3 rings (SSSR count). The number of nitrogens with zero attached hydrogens (tertiary/aromatic N) is 3. The molecular weight excluding hydrogens is 348 g/mol. The average Bonchev–Trinajstić information content (AvgIpc) is 3.24. The molecule has 0 saturated heterocycles. The maximum atomic E-state index is 12.0. The van der Waals surface area contributed by atoms with Crippen LogP contribution in [-0.2, 0) is 11.3 Å². The van der Waals surface area contributed by atoms with E-state index < -0.39 is 4.92 Å². The molecule has 1 amide bonds. The van der Waals surface area contributed by atoms with Crippen molar-refractivity contribution in [2.45, 2.75) is 20.4 Å². The van der Waals surface area contributed by atoms with E-state index in [1.807, 2.05) is 48.9 Å². The van der Waals surface area contributed by atoms with Crippen molar-refractivity contribution in [2.75, 3.05) is 0 Å². The van der Waals surface area contributed by atoms with Gasteiger partial charge in [-0.15, -0.1) is 0 Å². The summed E-state index contributed by atoms with van der Waals surface area (Å²) in [4.78, 5) is 22.0. The second kappa shape index (κ2) is 7.69. The van der Waals surface area contributed by atoms with E-state index in [2.05, 4.69) is 10.4 Å². The predicted octanol–water partition coefficient (Wildman–Crippen LogP) is 3.32. The van der Waals surface area contributed by atoms with Crippen molar-refractivity contribution in [3.05, 3.63) is 81.4 Å². The highest BCUT2D eigenvalue weighted by molar-refractivity contribution is 5.91. The number of hydrogen-bond acceptors (Lipinski definition) is 5. The minimum atomic E-state index is -0.632. The monoisotopic (exact) mass is 366 g/mol. The molecule has 0 radical (unpaired) electrons. The molecule has 0 unspecified atom stereocenters. The number of furan rings is 1. The van der Waals surface area contributed by atoms with E-state index in [4.69, 9.17) is 4.42 Å². The van der Waals surface area contributed by atoms with Gasteiger partial charge in [-0.2, -0.15) is 5.10 Å². The maximum Gasteiger partial charge on any atom is 0.433 e. The molecule has 0 saturated carbocycles. The molecule has 138 valence electrons. The van der Waals surface area contributed by atoms with Crippen LogP contribution < -0.4 is 5.32 Å². The van der Waals surface area contributed by atoms with E-state index in [1.165, 1.54) is 24.3 Å². The molecular formula is C19H18N4O4. The molecule has 0 atom stereocenters. The zero-order chi connectivity index (χ0) is 19.4. The molecule has 27 heavy (non-hydrogen) atoms. The van der Waals surface area contributed by atoms with E-state index in [0.717, 1.165) is 22.6 Å². The Kier molecular flexibility index (Phi) is 5.16. The molecule has 0 fully saturated rings. The summed E-state index contributed by atoms with van der Waals surface area (Å²) in [5.74, 6) is -0.462. The summed E-state index contributed by atoms with van der Waals surface area (Å²) in [5, 5.41) is 17.9. The third kappa shape index (κ3) is 4.12. The Labute approximate surface area is 155 Å². The molecule has 8 heteroatoms. The molecule has 2 heterocycles. The van der Waals surface area contributed by atoms with Gasteiger partial charge in [-0.05, 0) is 38.1 Å². The van der Waals surface area contributed by atoms with Gasteiger partial charge in [-0.3, -0.25) is 14.9 Å². The summed E-state index contributed by atoms with van der Waals surface area (Å²) in [6.07, 6.45) is 2.66. The van der Waals surface area contributed by atoms with Crippen molar-refractivity contribution in [1.29, 1.82) is 0 Å². The third-order valence-corrected chi connectivity index (χ3v) is 4.07. The molecule has 1 aromatic carbocycles. The van der Waals surface area contributed by atoms with Gasteiger partial charge in [-0.25, -0.2) is 4.68 Å². The Bertz CT molecular complexity index is 1000. The second-order valence-corrected chi connectivity index (χ2v) is 5.88. The SMILES string of the molecule is Cc1nn(-c2ccccc2)c(C)c1CNC(=O)/C=C/c1ccc([N+](=O)[O-])o1. The highest BCUT2D eigenvalue weighted by atomic mass is 16.6. The van der Waals surface area contributed by atoms with Crippen LogP contribution in [-0.4, -0.2) is 20.6 Å². The Morgan fingerprint density at radius 2 is 2.00 bits per heavy atom. The van der Waals surface area contributed by atoms with Crippen molar-refractivity contribution in [3.63, 3.8) is 0 Å². The lowest BCUT2D eigenvalue weighted by atomic mass is 10.2. The Hall–Kier alpha value is -3.68. The molecule has 0 bridgehead atoms. The fraction of sp³-hybridized carbons (Fsp3) is 0.158. The topological polar surface area (TPSA) is 103 Å². The number of para-hydroxylation sites is 1. The van der Waals surface area contributed by atoms with Gasteiger partial charge in [0.05, 0.1) is 17.4 Å². The molecule has 3 aromatic rings. The third-order valence-electron chi connectivity index (χ3n) is 4.07. The maximum absolute atomic E-state index is 12.0. The predicted molar refractivity (Wildman–Crippen MR) is 99.3 cm³/mol. The summed E-state index contributed by atoms with van der Waals surface area (Å²) in [6.45, 7) is 4.17. The standard InChI is InChI=1S/C19H18N4O4/c1-13-17(14(2)22(21-13)15-6-4-3-5-7-15)12-20-18(24)10-8-16-9-11-19(27-16)23(25)26/h3-11H,12H2,1-2H3,(H,20,24)/b10-8+. The van der Waals surface area contributed by atoms with Crippen LogP contribution in [0.4, 0.5) is 5.88 Å². The largest absolute Gasteiger partial charge is 0.433 e. The Morgan fingerprint density at radius 3 is 2.67 bits per heavy atom. The zero-order valence-corrected chi connectivity index (χ0v) is 14.9. The van der Waals surface area contributed by atoms with Crippen LogP contribution in [0.5, 0.6) is 0 Å². The highest BCUT2D eigenvalue weighted by Crippen LogP contribution is 2.18. The number of carbonyl (C=O) groups is 1. The molecule has 0 aliphatic heterocycles. The lowest BCUT2D eigenvalue weighted by Crippen LogP contribution is -2.21.